The van der Waals surface area contributed by atoms with Gasteiger partial charge >= 0.3 is 0 Å². The van der Waals surface area contributed by atoms with Gasteiger partial charge in [-0.25, -0.2) is 0 Å². The second-order valence-corrected chi connectivity index (χ2v) is 9.97. The quantitative estimate of drug-likeness (QED) is 0.250. The molecule has 0 aromatic heterocycles. The molecule has 2 fully saturated rings. The lowest BCUT2D eigenvalue weighted by atomic mass is 9.77. The number of hydroxylamine groups is 2. The summed E-state index contributed by atoms with van der Waals surface area (Å²) in [7, 11) is 0. The van der Waals surface area contributed by atoms with Gasteiger partial charge in [0.25, 0.3) is 0 Å². The van der Waals surface area contributed by atoms with Crippen molar-refractivity contribution in [3.8, 4) is 5.75 Å². The van der Waals surface area contributed by atoms with E-state index < -0.39 is 5.79 Å². The van der Waals surface area contributed by atoms with Gasteiger partial charge in [0.2, 0.25) is 0 Å². The first-order valence-corrected chi connectivity index (χ1v) is 11.4. The molecule has 0 spiro atoms. The molecule has 2 aliphatic heterocycles. The van der Waals surface area contributed by atoms with Crippen LogP contribution in [-0.2, 0) is 19.0 Å². The van der Waals surface area contributed by atoms with Crippen LogP contribution in [0.3, 0.4) is 0 Å². The van der Waals surface area contributed by atoms with Crippen LogP contribution in [0.5, 0.6) is 5.75 Å². The van der Waals surface area contributed by atoms with Crippen LogP contribution in [0.1, 0.15) is 59.1 Å². The molecule has 0 saturated carbocycles. The average Bonchev–Trinajstić information content (AvgIpc) is 3.56. The zero-order valence-corrected chi connectivity index (χ0v) is 20.3. The van der Waals surface area contributed by atoms with Crippen molar-refractivity contribution < 1.29 is 23.8 Å². The van der Waals surface area contributed by atoms with Crippen molar-refractivity contribution in [1.82, 2.24) is 5.06 Å². The summed E-state index contributed by atoms with van der Waals surface area (Å²) in [4.78, 5) is 6.58. The maximum Gasteiger partial charge on any atom is 0.172 e. The lowest BCUT2D eigenvalue weighted by Crippen LogP contribution is -2.66. The molecule has 2 heterocycles. The van der Waals surface area contributed by atoms with Crippen LogP contribution in [0.15, 0.2) is 49.6 Å². The van der Waals surface area contributed by atoms with Crippen molar-refractivity contribution in [3.63, 3.8) is 0 Å². The molecule has 2 atom stereocenters. The smallest absolute Gasteiger partial charge is 0.172 e. The molecule has 0 bridgehead atoms. The van der Waals surface area contributed by atoms with Gasteiger partial charge in [-0.05, 0) is 52.3 Å². The Morgan fingerprint density at radius 2 is 1.56 bits per heavy atom. The van der Waals surface area contributed by atoms with Crippen LogP contribution in [0.4, 0.5) is 0 Å². The molecule has 178 valence electrons. The number of hydrogen-bond donors (Lipinski definition) is 0. The van der Waals surface area contributed by atoms with Crippen molar-refractivity contribution in [2.45, 2.75) is 76.5 Å². The van der Waals surface area contributed by atoms with Crippen molar-refractivity contribution in [2.75, 3.05) is 26.4 Å². The Kier molecular flexibility index (Phi) is 7.84. The largest absolute Gasteiger partial charge is 0.491 e. The first-order chi connectivity index (χ1) is 15.1. The summed E-state index contributed by atoms with van der Waals surface area (Å²) in [6.45, 7) is 20.6. The van der Waals surface area contributed by atoms with Crippen LogP contribution in [0.25, 0.3) is 0 Å². The third kappa shape index (κ3) is 6.21. The summed E-state index contributed by atoms with van der Waals surface area (Å²) in [5.41, 5.74) is 0.436. The summed E-state index contributed by atoms with van der Waals surface area (Å²) in [5, 5.41) is 2.12. The van der Waals surface area contributed by atoms with E-state index in [0.29, 0.717) is 32.7 Å². The number of epoxide rings is 1. The molecule has 0 N–H and O–H groups in total. The summed E-state index contributed by atoms with van der Waals surface area (Å²) in [6.07, 6.45) is 4.97. The van der Waals surface area contributed by atoms with E-state index in [4.69, 9.17) is 23.8 Å². The van der Waals surface area contributed by atoms with Gasteiger partial charge in [-0.1, -0.05) is 24.3 Å². The standard InChI is InChI=1S/C26H39NO5/c1-8-14-30-26(31-15-9-2)18-24(4,5)27(25(6,7)19-26)32-20(3)21-10-12-22(13-11-21)28-16-23-17-29-23/h8-13,20,23H,1-2,14-19H2,3-7H3. The molecule has 0 amide bonds. The first kappa shape index (κ1) is 24.9. The van der Waals surface area contributed by atoms with E-state index in [1.54, 1.807) is 12.2 Å². The highest BCUT2D eigenvalue weighted by molar-refractivity contribution is 5.28. The summed E-state index contributed by atoms with van der Waals surface area (Å²) >= 11 is 0. The van der Waals surface area contributed by atoms with E-state index in [1.807, 2.05) is 12.1 Å². The van der Waals surface area contributed by atoms with Gasteiger partial charge in [-0.3, -0.25) is 4.84 Å². The molecule has 6 heteroatoms. The van der Waals surface area contributed by atoms with Gasteiger partial charge in [0.15, 0.2) is 5.79 Å². The molecule has 2 unspecified atom stereocenters. The SMILES string of the molecule is C=CCOC1(OCC=C)CC(C)(C)N(OC(C)c2ccc(OCC3CO3)cc2)C(C)(C)C1. The zero-order valence-electron chi connectivity index (χ0n) is 20.3. The molecule has 2 saturated heterocycles. The fraction of sp³-hybridized carbons (Fsp3) is 0.615. The minimum absolute atomic E-state index is 0.120. The summed E-state index contributed by atoms with van der Waals surface area (Å²) < 4.78 is 23.3. The Bertz CT molecular complexity index is 737. The molecule has 1 aromatic carbocycles. The Morgan fingerprint density at radius 3 is 2.03 bits per heavy atom. The monoisotopic (exact) mass is 445 g/mol. The highest BCUT2D eigenvalue weighted by Gasteiger charge is 2.55. The van der Waals surface area contributed by atoms with E-state index >= 15 is 0 Å². The Hall–Kier alpha value is -1.70. The van der Waals surface area contributed by atoms with Crippen LogP contribution >= 0.6 is 0 Å². The maximum absolute atomic E-state index is 6.58. The molecule has 3 rings (SSSR count). The molecule has 2 aliphatic rings. The number of ether oxygens (including phenoxy) is 4. The maximum atomic E-state index is 6.58. The molecule has 32 heavy (non-hydrogen) atoms. The van der Waals surface area contributed by atoms with Crippen molar-refractivity contribution >= 4 is 0 Å². The number of nitrogens with zero attached hydrogens (tertiary/aromatic N) is 1. The fourth-order valence-corrected chi connectivity index (χ4v) is 4.70. The molecule has 1 aromatic rings. The Balaban J connectivity index is 1.70. The van der Waals surface area contributed by atoms with Gasteiger partial charge in [-0.15, -0.1) is 13.2 Å². The molecular formula is C26H39NO5. The Morgan fingerprint density at radius 1 is 1.03 bits per heavy atom. The van der Waals surface area contributed by atoms with E-state index in [1.165, 1.54) is 0 Å². The second-order valence-electron chi connectivity index (χ2n) is 9.97. The number of rotatable bonds is 12. The second kappa shape index (κ2) is 10.1. The highest BCUT2D eigenvalue weighted by Crippen LogP contribution is 2.47. The van der Waals surface area contributed by atoms with E-state index in [9.17, 15) is 0 Å². The van der Waals surface area contributed by atoms with Crippen molar-refractivity contribution in [1.29, 1.82) is 0 Å². The van der Waals surface area contributed by atoms with Crippen LogP contribution in [0, 0.1) is 0 Å². The topological polar surface area (TPSA) is 52.7 Å². The lowest BCUT2D eigenvalue weighted by Gasteiger charge is -2.57. The molecule has 0 radical (unpaired) electrons. The predicted molar refractivity (Wildman–Crippen MR) is 125 cm³/mol. The van der Waals surface area contributed by atoms with Gasteiger partial charge < -0.3 is 18.9 Å². The van der Waals surface area contributed by atoms with Gasteiger partial charge in [0.1, 0.15) is 24.6 Å². The third-order valence-electron chi connectivity index (χ3n) is 5.88. The zero-order chi connectivity index (χ0) is 23.4. The third-order valence-corrected chi connectivity index (χ3v) is 5.88. The summed E-state index contributed by atoms with van der Waals surface area (Å²) in [6, 6.07) is 8.09. The normalized spacial score (nSPS) is 24.5. The average molecular weight is 446 g/mol. The van der Waals surface area contributed by atoms with Crippen molar-refractivity contribution in [3.05, 3.63) is 55.1 Å². The lowest BCUT2D eigenvalue weighted by molar-refractivity contribution is -0.365. The van der Waals surface area contributed by atoms with E-state index in [2.05, 4.69) is 65.0 Å². The fourth-order valence-electron chi connectivity index (χ4n) is 4.70. The van der Waals surface area contributed by atoms with Gasteiger partial charge in [0, 0.05) is 23.9 Å². The minimum atomic E-state index is -0.720. The van der Waals surface area contributed by atoms with E-state index in [-0.39, 0.29) is 23.3 Å². The van der Waals surface area contributed by atoms with Gasteiger partial charge in [-0.2, -0.15) is 5.06 Å². The number of piperidine rings is 1. The molecule has 6 nitrogen and oxygen atoms in total. The van der Waals surface area contributed by atoms with Gasteiger partial charge in [0.05, 0.1) is 19.8 Å². The predicted octanol–water partition coefficient (Wildman–Crippen LogP) is 5.21. The minimum Gasteiger partial charge on any atom is -0.491 e. The van der Waals surface area contributed by atoms with Crippen molar-refractivity contribution in [2.24, 2.45) is 0 Å². The van der Waals surface area contributed by atoms with Crippen LogP contribution in [0.2, 0.25) is 0 Å². The first-order valence-electron chi connectivity index (χ1n) is 11.4. The van der Waals surface area contributed by atoms with E-state index in [0.717, 1.165) is 17.9 Å². The van der Waals surface area contributed by atoms with Crippen LogP contribution < -0.4 is 4.74 Å². The number of benzene rings is 1. The molecular weight excluding hydrogens is 406 g/mol. The highest BCUT2D eigenvalue weighted by atomic mass is 16.7. The summed E-state index contributed by atoms with van der Waals surface area (Å²) in [5.74, 6) is 0.126. The Labute approximate surface area is 193 Å². The van der Waals surface area contributed by atoms with Crippen LogP contribution in [-0.4, -0.2) is 54.5 Å². The number of hydrogen-bond acceptors (Lipinski definition) is 6. The molecule has 0 aliphatic carbocycles.